The summed E-state index contributed by atoms with van der Waals surface area (Å²) in [5.41, 5.74) is -0.597. The molecule has 0 aromatic carbocycles. The number of allylic oxidation sites excluding steroid dienone is 3. The van der Waals surface area contributed by atoms with Gasteiger partial charge in [0.15, 0.2) is 0 Å². The summed E-state index contributed by atoms with van der Waals surface area (Å²) in [4.78, 5) is 0. The SMILES string of the molecule is CCCC(C)(O)/C=C/C1CC2C=CC1C2. The van der Waals surface area contributed by atoms with Gasteiger partial charge in [-0.1, -0.05) is 37.6 Å². The van der Waals surface area contributed by atoms with Gasteiger partial charge in [0.1, 0.15) is 0 Å². The van der Waals surface area contributed by atoms with E-state index < -0.39 is 5.60 Å². The zero-order chi connectivity index (χ0) is 10.9. The Kier molecular flexibility index (Phi) is 3.01. The van der Waals surface area contributed by atoms with Gasteiger partial charge in [0, 0.05) is 0 Å². The smallest absolute Gasteiger partial charge is 0.0799 e. The van der Waals surface area contributed by atoms with Crippen LogP contribution in [0.1, 0.15) is 39.5 Å². The molecule has 2 rings (SSSR count). The topological polar surface area (TPSA) is 20.2 Å². The van der Waals surface area contributed by atoms with Crippen LogP contribution in [0.25, 0.3) is 0 Å². The Bertz CT molecular complexity index is 275. The van der Waals surface area contributed by atoms with E-state index in [0.29, 0.717) is 5.92 Å². The molecule has 0 radical (unpaired) electrons. The highest BCUT2D eigenvalue weighted by Crippen LogP contribution is 2.44. The third-order valence-corrected chi connectivity index (χ3v) is 3.79. The molecule has 1 nitrogen and oxygen atoms in total. The minimum atomic E-state index is -0.597. The van der Waals surface area contributed by atoms with Crippen molar-refractivity contribution in [3.63, 3.8) is 0 Å². The van der Waals surface area contributed by atoms with Gasteiger partial charge in [-0.15, -0.1) is 0 Å². The summed E-state index contributed by atoms with van der Waals surface area (Å²) in [7, 11) is 0. The monoisotopic (exact) mass is 206 g/mol. The van der Waals surface area contributed by atoms with E-state index in [9.17, 15) is 5.11 Å². The molecule has 2 aliphatic carbocycles. The highest BCUT2D eigenvalue weighted by atomic mass is 16.3. The number of hydrogen-bond acceptors (Lipinski definition) is 1. The van der Waals surface area contributed by atoms with Crippen LogP contribution in [-0.2, 0) is 0 Å². The lowest BCUT2D eigenvalue weighted by atomic mass is 9.90. The third-order valence-electron chi connectivity index (χ3n) is 3.79. The molecule has 0 aliphatic heterocycles. The van der Waals surface area contributed by atoms with Crippen molar-refractivity contribution in [2.75, 3.05) is 0 Å². The molecular formula is C14H22O. The van der Waals surface area contributed by atoms with Gasteiger partial charge < -0.3 is 5.11 Å². The Labute approximate surface area is 92.9 Å². The van der Waals surface area contributed by atoms with Crippen molar-refractivity contribution in [3.05, 3.63) is 24.3 Å². The number of aliphatic hydroxyl groups is 1. The summed E-state index contributed by atoms with van der Waals surface area (Å²) < 4.78 is 0. The van der Waals surface area contributed by atoms with Gasteiger partial charge >= 0.3 is 0 Å². The van der Waals surface area contributed by atoms with E-state index in [-0.39, 0.29) is 0 Å². The van der Waals surface area contributed by atoms with Crippen LogP contribution in [0.4, 0.5) is 0 Å². The zero-order valence-electron chi connectivity index (χ0n) is 9.82. The summed E-state index contributed by atoms with van der Waals surface area (Å²) in [5.74, 6) is 2.26. The molecule has 1 heteroatoms. The summed E-state index contributed by atoms with van der Waals surface area (Å²) in [5, 5.41) is 10.0. The lowest BCUT2D eigenvalue weighted by Gasteiger charge is -2.20. The Morgan fingerprint density at radius 2 is 2.20 bits per heavy atom. The van der Waals surface area contributed by atoms with Gasteiger partial charge in [0.2, 0.25) is 0 Å². The molecule has 2 bridgehead atoms. The van der Waals surface area contributed by atoms with Crippen molar-refractivity contribution < 1.29 is 5.11 Å². The Balaban J connectivity index is 1.92. The van der Waals surface area contributed by atoms with Crippen molar-refractivity contribution in [3.8, 4) is 0 Å². The maximum Gasteiger partial charge on any atom is 0.0799 e. The minimum Gasteiger partial charge on any atom is -0.386 e. The highest BCUT2D eigenvalue weighted by molar-refractivity contribution is 5.15. The predicted octanol–water partition coefficient (Wildman–Crippen LogP) is 3.31. The van der Waals surface area contributed by atoms with Crippen LogP contribution < -0.4 is 0 Å². The van der Waals surface area contributed by atoms with Gasteiger partial charge in [0.25, 0.3) is 0 Å². The van der Waals surface area contributed by atoms with Crippen LogP contribution in [0.15, 0.2) is 24.3 Å². The van der Waals surface area contributed by atoms with E-state index in [1.54, 1.807) is 0 Å². The first kappa shape index (κ1) is 10.9. The summed E-state index contributed by atoms with van der Waals surface area (Å²) in [6, 6.07) is 0. The Morgan fingerprint density at radius 3 is 2.73 bits per heavy atom. The minimum absolute atomic E-state index is 0.597. The van der Waals surface area contributed by atoms with Crippen molar-refractivity contribution in [2.45, 2.75) is 45.1 Å². The van der Waals surface area contributed by atoms with Crippen molar-refractivity contribution in [2.24, 2.45) is 17.8 Å². The molecular weight excluding hydrogens is 184 g/mol. The highest BCUT2D eigenvalue weighted by Gasteiger charge is 2.34. The number of rotatable bonds is 4. The van der Waals surface area contributed by atoms with Crippen LogP contribution in [0.3, 0.4) is 0 Å². The summed E-state index contributed by atoms with van der Waals surface area (Å²) in [6.45, 7) is 4.03. The van der Waals surface area contributed by atoms with Gasteiger partial charge in [-0.3, -0.25) is 0 Å². The van der Waals surface area contributed by atoms with E-state index >= 15 is 0 Å². The third kappa shape index (κ3) is 2.52. The molecule has 0 aromatic rings. The van der Waals surface area contributed by atoms with Crippen molar-refractivity contribution >= 4 is 0 Å². The first-order chi connectivity index (χ1) is 7.11. The standard InChI is InChI=1S/C14H22O/c1-3-7-14(2,15)8-6-13-10-11-4-5-12(13)9-11/h4-6,8,11-13,15H,3,7,9-10H2,1-2H3/b8-6+. The van der Waals surface area contributed by atoms with Gasteiger partial charge in [0.05, 0.1) is 5.60 Å². The molecule has 0 heterocycles. The molecule has 4 atom stereocenters. The molecule has 1 N–H and O–H groups in total. The molecule has 2 aliphatic rings. The second-order valence-corrected chi connectivity index (χ2v) is 5.41. The average Bonchev–Trinajstić information content (AvgIpc) is 2.75. The fourth-order valence-electron chi connectivity index (χ4n) is 2.96. The molecule has 1 saturated carbocycles. The molecule has 0 saturated heterocycles. The molecule has 0 spiro atoms. The number of fused-ring (bicyclic) bond motifs is 2. The molecule has 0 aromatic heterocycles. The Hall–Kier alpha value is -0.560. The summed E-state index contributed by atoms with van der Waals surface area (Å²) in [6.07, 6.45) is 13.5. The largest absolute Gasteiger partial charge is 0.386 e. The van der Waals surface area contributed by atoms with E-state index in [2.05, 4.69) is 25.2 Å². The zero-order valence-corrected chi connectivity index (χ0v) is 9.82. The quantitative estimate of drug-likeness (QED) is 0.700. The van der Waals surface area contributed by atoms with Crippen LogP contribution in [0.5, 0.6) is 0 Å². The van der Waals surface area contributed by atoms with E-state index in [1.165, 1.54) is 12.8 Å². The average molecular weight is 206 g/mol. The van der Waals surface area contributed by atoms with Crippen molar-refractivity contribution in [1.82, 2.24) is 0 Å². The van der Waals surface area contributed by atoms with Crippen LogP contribution >= 0.6 is 0 Å². The fraction of sp³-hybridized carbons (Fsp3) is 0.714. The van der Waals surface area contributed by atoms with Gasteiger partial charge in [-0.05, 0) is 43.9 Å². The maximum atomic E-state index is 10.0. The van der Waals surface area contributed by atoms with E-state index in [1.807, 2.05) is 13.0 Å². The molecule has 4 unspecified atom stereocenters. The predicted molar refractivity (Wildman–Crippen MR) is 63.5 cm³/mol. The normalized spacial score (nSPS) is 37.7. The van der Waals surface area contributed by atoms with E-state index in [0.717, 1.165) is 24.7 Å². The maximum absolute atomic E-state index is 10.0. The lowest BCUT2D eigenvalue weighted by Crippen LogP contribution is -2.20. The van der Waals surface area contributed by atoms with E-state index in [4.69, 9.17) is 0 Å². The van der Waals surface area contributed by atoms with Crippen molar-refractivity contribution in [1.29, 1.82) is 0 Å². The fourth-order valence-corrected chi connectivity index (χ4v) is 2.96. The second kappa shape index (κ2) is 4.13. The first-order valence-electron chi connectivity index (χ1n) is 6.21. The van der Waals surface area contributed by atoms with Crippen LogP contribution in [0.2, 0.25) is 0 Å². The van der Waals surface area contributed by atoms with Gasteiger partial charge in [-0.25, -0.2) is 0 Å². The van der Waals surface area contributed by atoms with Crippen LogP contribution in [-0.4, -0.2) is 10.7 Å². The van der Waals surface area contributed by atoms with Gasteiger partial charge in [-0.2, -0.15) is 0 Å². The summed E-state index contributed by atoms with van der Waals surface area (Å²) >= 11 is 0. The molecule has 84 valence electrons. The second-order valence-electron chi connectivity index (χ2n) is 5.41. The molecule has 15 heavy (non-hydrogen) atoms. The molecule has 0 amide bonds. The molecule has 1 fully saturated rings. The Morgan fingerprint density at radius 1 is 1.40 bits per heavy atom. The number of hydrogen-bond donors (Lipinski definition) is 1. The van der Waals surface area contributed by atoms with Crippen LogP contribution in [0, 0.1) is 17.8 Å². The first-order valence-corrected chi connectivity index (χ1v) is 6.21. The lowest BCUT2D eigenvalue weighted by molar-refractivity contribution is 0.100.